The van der Waals surface area contributed by atoms with E-state index in [9.17, 15) is 0 Å². The predicted octanol–water partition coefficient (Wildman–Crippen LogP) is 1.99. The van der Waals surface area contributed by atoms with E-state index in [1.54, 1.807) is 4.68 Å². The summed E-state index contributed by atoms with van der Waals surface area (Å²) in [7, 11) is 1.89. The Kier molecular flexibility index (Phi) is 3.14. The summed E-state index contributed by atoms with van der Waals surface area (Å²) in [6.07, 6.45) is 4.38. The van der Waals surface area contributed by atoms with Crippen LogP contribution in [-0.4, -0.2) is 15.9 Å². The highest BCUT2D eigenvalue weighted by Gasteiger charge is 2.03. The van der Waals surface area contributed by atoms with Crippen LogP contribution in [0.2, 0.25) is 0 Å². The minimum Gasteiger partial charge on any atom is -0.474 e. The Labute approximate surface area is 73.3 Å². The summed E-state index contributed by atoms with van der Waals surface area (Å²) in [4.78, 5) is 0. The molecule has 0 unspecified atom stereocenters. The fraction of sp³-hybridized carbons (Fsp3) is 0.667. The Morgan fingerprint density at radius 2 is 2.42 bits per heavy atom. The second-order valence-corrected chi connectivity index (χ2v) is 3.04. The number of aryl methyl sites for hydroxylation is 1. The summed E-state index contributed by atoms with van der Waals surface area (Å²) in [6.45, 7) is 4.22. The van der Waals surface area contributed by atoms with Crippen LogP contribution >= 0.6 is 0 Å². The summed E-state index contributed by atoms with van der Waals surface area (Å²) in [5.74, 6) is 0.721. The Morgan fingerprint density at radius 1 is 1.67 bits per heavy atom. The molecule has 0 aliphatic carbocycles. The van der Waals surface area contributed by atoms with Crippen molar-refractivity contribution in [2.45, 2.75) is 32.8 Å². The van der Waals surface area contributed by atoms with Gasteiger partial charge >= 0.3 is 0 Å². The van der Waals surface area contributed by atoms with E-state index in [1.807, 2.05) is 19.3 Å². The molecule has 68 valence electrons. The van der Waals surface area contributed by atoms with Gasteiger partial charge in [-0.1, -0.05) is 13.3 Å². The number of aromatic nitrogens is 2. The quantitative estimate of drug-likeness (QED) is 0.687. The van der Waals surface area contributed by atoms with Gasteiger partial charge in [0, 0.05) is 19.3 Å². The van der Waals surface area contributed by atoms with Crippen molar-refractivity contribution in [3.05, 3.63) is 12.3 Å². The van der Waals surface area contributed by atoms with Gasteiger partial charge in [0.2, 0.25) is 5.88 Å². The zero-order valence-corrected chi connectivity index (χ0v) is 7.95. The highest BCUT2D eigenvalue weighted by molar-refractivity contribution is 5.05. The summed E-state index contributed by atoms with van der Waals surface area (Å²) in [5.41, 5.74) is 0. The van der Waals surface area contributed by atoms with E-state index < -0.39 is 0 Å². The maximum absolute atomic E-state index is 5.54. The van der Waals surface area contributed by atoms with Gasteiger partial charge in [0.15, 0.2) is 0 Å². The summed E-state index contributed by atoms with van der Waals surface area (Å²) >= 11 is 0. The molecule has 0 N–H and O–H groups in total. The van der Waals surface area contributed by atoms with Crippen LogP contribution in [0.15, 0.2) is 12.3 Å². The van der Waals surface area contributed by atoms with E-state index >= 15 is 0 Å². The Bertz CT molecular complexity index is 232. The molecule has 0 aliphatic rings. The summed E-state index contributed by atoms with van der Waals surface area (Å²) < 4.78 is 7.29. The third-order valence-corrected chi connectivity index (χ3v) is 1.71. The first-order chi connectivity index (χ1) is 5.72. The molecule has 0 fully saturated rings. The minimum absolute atomic E-state index is 0.268. The lowest BCUT2D eigenvalue weighted by atomic mass is 10.2. The second kappa shape index (κ2) is 4.14. The van der Waals surface area contributed by atoms with Crippen molar-refractivity contribution in [1.29, 1.82) is 0 Å². The molecule has 1 atom stereocenters. The standard InChI is InChI=1S/C9H16N2O/c1-4-5-8(2)12-9-6-7-11(3)10-9/h6-8H,4-5H2,1-3H3/t8-/m0/s1. The zero-order valence-electron chi connectivity index (χ0n) is 7.95. The van der Waals surface area contributed by atoms with Crippen LogP contribution in [0.3, 0.4) is 0 Å². The lowest BCUT2D eigenvalue weighted by Crippen LogP contribution is -2.11. The molecule has 0 saturated heterocycles. The minimum atomic E-state index is 0.268. The zero-order chi connectivity index (χ0) is 8.97. The smallest absolute Gasteiger partial charge is 0.232 e. The van der Waals surface area contributed by atoms with E-state index in [0.717, 1.165) is 18.7 Å². The van der Waals surface area contributed by atoms with E-state index in [1.165, 1.54) is 0 Å². The van der Waals surface area contributed by atoms with Crippen LogP contribution in [0.5, 0.6) is 5.88 Å². The maximum atomic E-state index is 5.54. The van der Waals surface area contributed by atoms with Crippen molar-refractivity contribution in [3.63, 3.8) is 0 Å². The van der Waals surface area contributed by atoms with E-state index in [0.29, 0.717) is 0 Å². The average Bonchev–Trinajstić information content (AvgIpc) is 2.36. The maximum Gasteiger partial charge on any atom is 0.232 e. The number of nitrogens with zero attached hydrogens (tertiary/aromatic N) is 2. The molecule has 3 heteroatoms. The molecule has 3 nitrogen and oxygen atoms in total. The molecule has 1 aromatic rings. The molecular formula is C9H16N2O. The predicted molar refractivity (Wildman–Crippen MR) is 48.2 cm³/mol. The first-order valence-corrected chi connectivity index (χ1v) is 4.38. The lowest BCUT2D eigenvalue weighted by molar-refractivity contribution is 0.200. The van der Waals surface area contributed by atoms with Crippen LogP contribution in [0.4, 0.5) is 0 Å². The van der Waals surface area contributed by atoms with Gasteiger partial charge in [-0.05, 0) is 13.3 Å². The van der Waals surface area contributed by atoms with Crippen molar-refractivity contribution in [2.75, 3.05) is 0 Å². The average molecular weight is 168 g/mol. The van der Waals surface area contributed by atoms with Crippen LogP contribution < -0.4 is 4.74 Å². The third-order valence-electron chi connectivity index (χ3n) is 1.71. The van der Waals surface area contributed by atoms with Gasteiger partial charge in [-0.2, -0.15) is 0 Å². The molecule has 0 aromatic carbocycles. The van der Waals surface area contributed by atoms with Crippen LogP contribution in [0.25, 0.3) is 0 Å². The Balaban J connectivity index is 2.41. The molecular weight excluding hydrogens is 152 g/mol. The molecule has 0 amide bonds. The summed E-state index contributed by atoms with van der Waals surface area (Å²) in [6, 6.07) is 1.88. The molecule has 0 radical (unpaired) electrons. The van der Waals surface area contributed by atoms with Gasteiger partial charge in [-0.3, -0.25) is 4.68 Å². The van der Waals surface area contributed by atoms with E-state index in [4.69, 9.17) is 4.74 Å². The first-order valence-electron chi connectivity index (χ1n) is 4.38. The largest absolute Gasteiger partial charge is 0.474 e. The van der Waals surface area contributed by atoms with Gasteiger partial charge in [0.1, 0.15) is 0 Å². The van der Waals surface area contributed by atoms with Crippen LogP contribution in [-0.2, 0) is 7.05 Å². The molecule has 0 spiro atoms. The fourth-order valence-corrected chi connectivity index (χ4v) is 1.13. The molecule has 1 heterocycles. The van der Waals surface area contributed by atoms with Gasteiger partial charge in [0.05, 0.1) is 6.10 Å². The molecule has 0 aliphatic heterocycles. The highest BCUT2D eigenvalue weighted by Crippen LogP contribution is 2.09. The Morgan fingerprint density at radius 3 is 2.92 bits per heavy atom. The topological polar surface area (TPSA) is 27.1 Å². The normalized spacial score (nSPS) is 12.9. The van der Waals surface area contributed by atoms with Gasteiger partial charge < -0.3 is 4.74 Å². The van der Waals surface area contributed by atoms with Crippen molar-refractivity contribution in [3.8, 4) is 5.88 Å². The first kappa shape index (κ1) is 9.10. The van der Waals surface area contributed by atoms with Crippen molar-refractivity contribution in [1.82, 2.24) is 9.78 Å². The molecule has 0 bridgehead atoms. The van der Waals surface area contributed by atoms with Crippen LogP contribution in [0, 0.1) is 0 Å². The second-order valence-electron chi connectivity index (χ2n) is 3.04. The van der Waals surface area contributed by atoms with Gasteiger partial charge in [0.25, 0.3) is 0 Å². The highest BCUT2D eigenvalue weighted by atomic mass is 16.5. The number of hydrogen-bond acceptors (Lipinski definition) is 2. The van der Waals surface area contributed by atoms with Crippen molar-refractivity contribution < 1.29 is 4.74 Å². The Hall–Kier alpha value is -0.990. The van der Waals surface area contributed by atoms with E-state index in [2.05, 4.69) is 18.9 Å². The monoisotopic (exact) mass is 168 g/mol. The molecule has 1 aromatic heterocycles. The fourth-order valence-electron chi connectivity index (χ4n) is 1.13. The third kappa shape index (κ3) is 2.57. The van der Waals surface area contributed by atoms with Gasteiger partial charge in [-0.25, -0.2) is 0 Å². The van der Waals surface area contributed by atoms with Crippen molar-refractivity contribution in [2.24, 2.45) is 7.05 Å². The van der Waals surface area contributed by atoms with E-state index in [-0.39, 0.29) is 6.10 Å². The number of rotatable bonds is 4. The molecule has 1 rings (SSSR count). The SMILES string of the molecule is CCC[C@H](C)Oc1ccn(C)n1. The van der Waals surface area contributed by atoms with Crippen molar-refractivity contribution >= 4 is 0 Å². The molecule has 0 saturated carbocycles. The van der Waals surface area contributed by atoms with Crippen LogP contribution in [0.1, 0.15) is 26.7 Å². The summed E-state index contributed by atoms with van der Waals surface area (Å²) in [5, 5.41) is 4.13. The van der Waals surface area contributed by atoms with Gasteiger partial charge in [-0.15, -0.1) is 5.10 Å². The number of hydrogen-bond donors (Lipinski definition) is 0. The molecule has 12 heavy (non-hydrogen) atoms. The number of ether oxygens (including phenoxy) is 1. The lowest BCUT2D eigenvalue weighted by Gasteiger charge is -2.10.